The molecule has 7 heteroatoms. The molecule has 196 valence electrons. The minimum Gasteiger partial charge on any atom is -0.309 e. The summed E-state index contributed by atoms with van der Waals surface area (Å²) in [5.74, 6) is 0. The highest BCUT2D eigenvalue weighted by Crippen LogP contribution is 2.50. The Bertz CT molecular complexity index is 1600. The van der Waals surface area contributed by atoms with Crippen molar-refractivity contribution in [1.82, 2.24) is 0 Å². The first-order valence-electron chi connectivity index (χ1n) is 12.3. The topological polar surface area (TPSA) is 34.1 Å². The molecular formula is C32H25F3O2P2. The predicted octanol–water partition coefficient (Wildman–Crippen LogP) is 6.29. The van der Waals surface area contributed by atoms with Crippen LogP contribution in [0.2, 0.25) is 0 Å². The summed E-state index contributed by atoms with van der Waals surface area (Å²) in [6.45, 7) is 1.35. The number of hydrogen-bond donors (Lipinski definition) is 0. The zero-order valence-electron chi connectivity index (χ0n) is 21.0. The maximum atomic E-state index is 15.5. The second kappa shape index (κ2) is 10.5. The molecule has 0 spiro atoms. The predicted molar refractivity (Wildman–Crippen MR) is 155 cm³/mol. The molecule has 0 fully saturated rings. The van der Waals surface area contributed by atoms with Crippen LogP contribution in [0, 0.1) is 6.92 Å². The summed E-state index contributed by atoms with van der Waals surface area (Å²) in [7, 11) is -7.73. The fourth-order valence-electron chi connectivity index (χ4n) is 4.90. The van der Waals surface area contributed by atoms with E-state index in [4.69, 9.17) is 0 Å². The van der Waals surface area contributed by atoms with Gasteiger partial charge >= 0.3 is 6.18 Å². The molecule has 0 aliphatic carbocycles. The second-order valence-electron chi connectivity index (χ2n) is 9.21. The van der Waals surface area contributed by atoms with Gasteiger partial charge in [-0.3, -0.25) is 0 Å². The van der Waals surface area contributed by atoms with Crippen molar-refractivity contribution in [2.24, 2.45) is 0 Å². The Morgan fingerprint density at radius 2 is 0.769 bits per heavy atom. The molecule has 0 unspecified atom stereocenters. The molecule has 0 radical (unpaired) electrons. The molecule has 0 heterocycles. The lowest BCUT2D eigenvalue weighted by Gasteiger charge is -2.29. The fraction of sp³-hybridized carbons (Fsp3) is 0.0625. The van der Waals surface area contributed by atoms with Gasteiger partial charge < -0.3 is 9.13 Å². The van der Waals surface area contributed by atoms with Crippen LogP contribution in [0.3, 0.4) is 0 Å². The molecule has 0 bridgehead atoms. The van der Waals surface area contributed by atoms with Crippen LogP contribution in [0.25, 0.3) is 0 Å². The largest absolute Gasteiger partial charge is 0.416 e. The van der Waals surface area contributed by atoms with Crippen LogP contribution < -0.4 is 31.8 Å². The van der Waals surface area contributed by atoms with Crippen LogP contribution in [0.15, 0.2) is 133 Å². The molecule has 39 heavy (non-hydrogen) atoms. The van der Waals surface area contributed by atoms with Gasteiger partial charge in [-0.15, -0.1) is 0 Å². The van der Waals surface area contributed by atoms with Crippen LogP contribution in [-0.4, -0.2) is 0 Å². The van der Waals surface area contributed by atoms with E-state index in [0.29, 0.717) is 21.2 Å². The summed E-state index contributed by atoms with van der Waals surface area (Å²) in [6.07, 6.45) is -4.70. The average Bonchev–Trinajstić information content (AvgIpc) is 2.97. The van der Waals surface area contributed by atoms with E-state index in [2.05, 4.69) is 0 Å². The molecule has 0 aromatic heterocycles. The summed E-state index contributed by atoms with van der Waals surface area (Å²) in [5.41, 5.74) is -0.984. The van der Waals surface area contributed by atoms with E-state index in [-0.39, 0.29) is 16.2 Å². The van der Waals surface area contributed by atoms with E-state index in [1.165, 1.54) is 13.0 Å². The van der Waals surface area contributed by atoms with Gasteiger partial charge in [0.25, 0.3) is 0 Å². The summed E-state index contributed by atoms with van der Waals surface area (Å²) >= 11 is 0. The lowest BCUT2D eigenvalue weighted by Crippen LogP contribution is -2.40. The number of alkyl halides is 3. The molecule has 0 aliphatic rings. The first kappa shape index (κ1) is 26.9. The Balaban J connectivity index is 1.98. The standard InChI is InChI=1S/C32H25F3O2P2/c1-24-22-30(38(36,25-14-6-2-7-15-25)26-16-8-3-9-17-26)31(23-29(24)32(33,34)35)39(37,27-18-10-4-11-19-27)28-20-12-5-13-21-28/h2-23H,1H3. The molecule has 5 aromatic carbocycles. The molecule has 0 aliphatic heterocycles. The first-order valence-corrected chi connectivity index (χ1v) is 15.7. The maximum absolute atomic E-state index is 15.5. The molecule has 0 saturated heterocycles. The van der Waals surface area contributed by atoms with E-state index in [1.807, 2.05) is 0 Å². The van der Waals surface area contributed by atoms with Gasteiger partial charge in [-0.1, -0.05) is 121 Å². The number of halogens is 3. The molecule has 2 nitrogen and oxygen atoms in total. The molecule has 5 aromatic rings. The SMILES string of the molecule is Cc1cc(P(=O)(c2ccccc2)c2ccccc2)c(P(=O)(c2ccccc2)c2ccccc2)cc1C(F)(F)F. The molecule has 5 rings (SSSR count). The van der Waals surface area contributed by atoms with Crippen molar-refractivity contribution in [3.8, 4) is 0 Å². The van der Waals surface area contributed by atoms with E-state index in [9.17, 15) is 13.2 Å². The third-order valence-corrected chi connectivity index (χ3v) is 13.2. The van der Waals surface area contributed by atoms with Gasteiger partial charge in [-0.2, -0.15) is 13.2 Å². The molecule has 0 amide bonds. The van der Waals surface area contributed by atoms with Crippen LogP contribution in [0.1, 0.15) is 11.1 Å². The Morgan fingerprint density at radius 3 is 1.05 bits per heavy atom. The van der Waals surface area contributed by atoms with E-state index >= 15 is 9.13 Å². The number of aryl methyl sites for hydroxylation is 1. The van der Waals surface area contributed by atoms with Crippen molar-refractivity contribution in [3.63, 3.8) is 0 Å². The van der Waals surface area contributed by atoms with E-state index in [1.54, 1.807) is 121 Å². The third kappa shape index (κ3) is 4.82. The van der Waals surface area contributed by atoms with Crippen molar-refractivity contribution < 1.29 is 22.3 Å². The van der Waals surface area contributed by atoms with Crippen LogP contribution >= 0.6 is 14.3 Å². The van der Waals surface area contributed by atoms with Crippen LogP contribution in [0.5, 0.6) is 0 Å². The Hall–Kier alpha value is -3.65. The highest BCUT2D eigenvalue weighted by Gasteiger charge is 2.43. The van der Waals surface area contributed by atoms with Crippen molar-refractivity contribution in [3.05, 3.63) is 145 Å². The lowest BCUT2D eigenvalue weighted by atomic mass is 10.1. The minimum atomic E-state index is -4.70. The first-order chi connectivity index (χ1) is 18.7. The van der Waals surface area contributed by atoms with E-state index < -0.39 is 26.0 Å². The minimum absolute atomic E-state index is 0.0751. The summed E-state index contributed by atoms with van der Waals surface area (Å²) < 4.78 is 73.9. The summed E-state index contributed by atoms with van der Waals surface area (Å²) in [4.78, 5) is 0. The average molecular weight is 560 g/mol. The monoisotopic (exact) mass is 560 g/mol. The zero-order valence-corrected chi connectivity index (χ0v) is 22.8. The lowest BCUT2D eigenvalue weighted by molar-refractivity contribution is -0.138. The fourth-order valence-corrected chi connectivity index (χ4v) is 11.3. The third-order valence-electron chi connectivity index (χ3n) is 6.78. The molecular weight excluding hydrogens is 535 g/mol. The van der Waals surface area contributed by atoms with Gasteiger partial charge in [-0.25, -0.2) is 0 Å². The Morgan fingerprint density at radius 1 is 0.487 bits per heavy atom. The normalized spacial score (nSPS) is 12.3. The van der Waals surface area contributed by atoms with Gasteiger partial charge in [0.15, 0.2) is 14.3 Å². The molecule has 0 N–H and O–H groups in total. The van der Waals surface area contributed by atoms with Crippen molar-refractivity contribution in [1.29, 1.82) is 0 Å². The van der Waals surface area contributed by atoms with Crippen molar-refractivity contribution in [2.45, 2.75) is 13.1 Å². The van der Waals surface area contributed by atoms with Gasteiger partial charge in [0.05, 0.1) is 5.56 Å². The number of benzene rings is 5. The van der Waals surface area contributed by atoms with Gasteiger partial charge in [0, 0.05) is 31.8 Å². The molecule has 0 saturated carbocycles. The van der Waals surface area contributed by atoms with Crippen LogP contribution in [0.4, 0.5) is 13.2 Å². The van der Waals surface area contributed by atoms with Gasteiger partial charge in [-0.05, 0) is 24.6 Å². The van der Waals surface area contributed by atoms with Crippen molar-refractivity contribution in [2.75, 3.05) is 0 Å². The quantitative estimate of drug-likeness (QED) is 0.229. The molecule has 0 atom stereocenters. The smallest absolute Gasteiger partial charge is 0.309 e. The highest BCUT2D eigenvalue weighted by molar-refractivity contribution is 7.90. The van der Waals surface area contributed by atoms with E-state index in [0.717, 1.165) is 6.07 Å². The Labute approximate surface area is 225 Å². The Kier molecular flexibility index (Phi) is 7.25. The number of rotatable bonds is 6. The number of hydrogen-bond acceptors (Lipinski definition) is 2. The highest BCUT2D eigenvalue weighted by atomic mass is 31.2. The summed E-state index contributed by atoms with van der Waals surface area (Å²) in [6, 6.07) is 36.6. The summed E-state index contributed by atoms with van der Waals surface area (Å²) in [5, 5.41) is 1.69. The van der Waals surface area contributed by atoms with Crippen LogP contribution in [-0.2, 0) is 15.3 Å². The maximum Gasteiger partial charge on any atom is 0.416 e. The zero-order chi connectivity index (χ0) is 27.7. The van der Waals surface area contributed by atoms with Crippen molar-refractivity contribution >= 4 is 46.1 Å². The van der Waals surface area contributed by atoms with Gasteiger partial charge in [0.1, 0.15) is 0 Å². The van der Waals surface area contributed by atoms with Gasteiger partial charge in [0.2, 0.25) is 0 Å². The second-order valence-corrected chi connectivity index (χ2v) is 14.7.